The molecule has 1 N–H and O–H groups in total. The van der Waals surface area contributed by atoms with Gasteiger partial charge in [0.2, 0.25) is 5.91 Å². The minimum Gasteiger partial charge on any atom is -0.324 e. The Kier molecular flexibility index (Phi) is 2.43. The smallest absolute Gasteiger partial charge is 0.228 e. The topological polar surface area (TPSA) is 29.1 Å². The number of para-hydroxylation sites is 1. The first-order chi connectivity index (χ1) is 6.81. The number of rotatable bonds is 0. The molecular weight excluding hydrogens is 198 g/mol. The molecule has 0 saturated carbocycles. The van der Waals surface area contributed by atoms with E-state index in [9.17, 15) is 4.79 Å². The SMILES string of the molecule is O=C1Cc2cccc(C#CCCl)c2N1. The molecule has 70 valence electrons. The van der Waals surface area contributed by atoms with E-state index in [1.54, 1.807) is 0 Å². The van der Waals surface area contributed by atoms with Crippen molar-refractivity contribution in [1.82, 2.24) is 0 Å². The molecule has 3 heteroatoms. The van der Waals surface area contributed by atoms with Gasteiger partial charge in [-0.25, -0.2) is 0 Å². The standard InChI is InChI=1S/C11H8ClNO/c12-6-2-5-8-3-1-4-9-7-10(14)13-11(8)9/h1,3-4H,6-7H2,(H,13,14). The number of alkyl halides is 1. The molecule has 0 aromatic heterocycles. The molecule has 0 unspecified atom stereocenters. The van der Waals surface area contributed by atoms with E-state index in [1.807, 2.05) is 18.2 Å². The second-order valence-corrected chi connectivity index (χ2v) is 3.27. The fraction of sp³-hybridized carbons (Fsp3) is 0.182. The van der Waals surface area contributed by atoms with Gasteiger partial charge in [0.1, 0.15) is 0 Å². The molecule has 1 aromatic rings. The number of hydrogen-bond donors (Lipinski definition) is 1. The second-order valence-electron chi connectivity index (χ2n) is 3.00. The zero-order valence-electron chi connectivity index (χ0n) is 7.43. The molecule has 0 atom stereocenters. The Hall–Kier alpha value is -1.46. The molecular formula is C11H8ClNO. The summed E-state index contributed by atoms with van der Waals surface area (Å²) in [6.07, 6.45) is 0.450. The summed E-state index contributed by atoms with van der Waals surface area (Å²) in [5, 5.41) is 2.79. The van der Waals surface area contributed by atoms with Crippen LogP contribution < -0.4 is 5.32 Å². The molecule has 1 amide bonds. The Morgan fingerprint density at radius 3 is 3.14 bits per heavy atom. The van der Waals surface area contributed by atoms with Gasteiger partial charge in [0.25, 0.3) is 0 Å². The van der Waals surface area contributed by atoms with Gasteiger partial charge in [-0.1, -0.05) is 24.0 Å². The van der Waals surface area contributed by atoms with Gasteiger partial charge >= 0.3 is 0 Å². The third kappa shape index (κ3) is 1.59. The van der Waals surface area contributed by atoms with Crippen LogP contribution in [0.4, 0.5) is 5.69 Å². The van der Waals surface area contributed by atoms with E-state index in [-0.39, 0.29) is 5.91 Å². The highest BCUT2D eigenvalue weighted by Gasteiger charge is 2.19. The highest BCUT2D eigenvalue weighted by Crippen LogP contribution is 2.26. The maximum Gasteiger partial charge on any atom is 0.228 e. The number of anilines is 1. The molecule has 1 aliphatic rings. The van der Waals surface area contributed by atoms with Crippen molar-refractivity contribution in [3.63, 3.8) is 0 Å². The number of amides is 1. The van der Waals surface area contributed by atoms with Crippen LogP contribution in [-0.4, -0.2) is 11.8 Å². The molecule has 0 radical (unpaired) electrons. The minimum absolute atomic E-state index is 0.0279. The summed E-state index contributed by atoms with van der Waals surface area (Å²) in [5.74, 6) is 6.02. The number of halogens is 1. The average molecular weight is 206 g/mol. The van der Waals surface area contributed by atoms with E-state index in [2.05, 4.69) is 17.2 Å². The first-order valence-corrected chi connectivity index (χ1v) is 4.81. The Bertz CT molecular complexity index is 442. The quantitative estimate of drug-likeness (QED) is 0.508. The van der Waals surface area contributed by atoms with Crippen molar-refractivity contribution in [2.75, 3.05) is 11.2 Å². The molecule has 0 saturated heterocycles. The van der Waals surface area contributed by atoms with Crippen molar-refractivity contribution in [1.29, 1.82) is 0 Å². The first kappa shape index (κ1) is 9.11. The zero-order chi connectivity index (χ0) is 9.97. The van der Waals surface area contributed by atoms with Crippen molar-refractivity contribution in [3.8, 4) is 11.8 Å². The summed E-state index contributed by atoms with van der Waals surface area (Å²) < 4.78 is 0. The lowest BCUT2D eigenvalue weighted by Gasteiger charge is -2.00. The van der Waals surface area contributed by atoms with Crippen LogP contribution in [0.3, 0.4) is 0 Å². The average Bonchev–Trinajstić information content (AvgIpc) is 2.55. The summed E-state index contributed by atoms with van der Waals surface area (Å²) in [5.41, 5.74) is 2.69. The van der Waals surface area contributed by atoms with Gasteiger partial charge in [-0.05, 0) is 11.6 Å². The van der Waals surface area contributed by atoms with Crippen molar-refractivity contribution < 1.29 is 4.79 Å². The van der Waals surface area contributed by atoms with Crippen LogP contribution >= 0.6 is 11.6 Å². The molecule has 1 heterocycles. The molecule has 0 aliphatic carbocycles. The zero-order valence-corrected chi connectivity index (χ0v) is 8.19. The Labute approximate surface area is 87.3 Å². The highest BCUT2D eigenvalue weighted by molar-refractivity contribution is 6.19. The van der Waals surface area contributed by atoms with E-state index in [4.69, 9.17) is 11.6 Å². The van der Waals surface area contributed by atoms with Crippen LogP contribution in [0.15, 0.2) is 18.2 Å². The predicted molar refractivity (Wildman–Crippen MR) is 56.4 cm³/mol. The van der Waals surface area contributed by atoms with E-state index in [0.717, 1.165) is 16.8 Å². The molecule has 2 nitrogen and oxygen atoms in total. The highest BCUT2D eigenvalue weighted by atomic mass is 35.5. The van der Waals surface area contributed by atoms with E-state index in [1.165, 1.54) is 0 Å². The molecule has 1 aromatic carbocycles. The minimum atomic E-state index is 0.0279. The van der Waals surface area contributed by atoms with Crippen molar-refractivity contribution in [3.05, 3.63) is 29.3 Å². The molecule has 14 heavy (non-hydrogen) atoms. The normalized spacial score (nSPS) is 12.8. The fourth-order valence-electron chi connectivity index (χ4n) is 1.48. The van der Waals surface area contributed by atoms with Gasteiger partial charge < -0.3 is 5.32 Å². The summed E-state index contributed by atoms with van der Waals surface area (Å²) in [4.78, 5) is 11.1. The lowest BCUT2D eigenvalue weighted by Crippen LogP contribution is -2.04. The van der Waals surface area contributed by atoms with Crippen LogP contribution in [0.1, 0.15) is 11.1 Å². The third-order valence-electron chi connectivity index (χ3n) is 2.06. The maximum absolute atomic E-state index is 11.1. The third-order valence-corrected chi connectivity index (χ3v) is 2.19. The Morgan fingerprint density at radius 2 is 2.36 bits per heavy atom. The number of carbonyl (C=O) groups is 1. The second kappa shape index (κ2) is 3.73. The number of carbonyl (C=O) groups excluding carboxylic acids is 1. The molecule has 0 bridgehead atoms. The van der Waals surface area contributed by atoms with Gasteiger partial charge in [-0.15, -0.1) is 11.6 Å². The molecule has 0 fully saturated rings. The summed E-state index contributed by atoms with van der Waals surface area (Å²) in [6, 6.07) is 5.71. The van der Waals surface area contributed by atoms with Crippen LogP contribution in [0, 0.1) is 11.8 Å². The summed E-state index contributed by atoms with van der Waals surface area (Å²) in [7, 11) is 0. The van der Waals surface area contributed by atoms with Crippen LogP contribution in [0.5, 0.6) is 0 Å². The van der Waals surface area contributed by atoms with Gasteiger partial charge in [0.05, 0.1) is 18.0 Å². The van der Waals surface area contributed by atoms with Crippen LogP contribution in [0.25, 0.3) is 0 Å². The van der Waals surface area contributed by atoms with Crippen molar-refractivity contribution >= 4 is 23.2 Å². The molecule has 0 spiro atoms. The maximum atomic E-state index is 11.1. The van der Waals surface area contributed by atoms with Gasteiger partial charge in [0.15, 0.2) is 0 Å². The Morgan fingerprint density at radius 1 is 1.50 bits per heavy atom. The summed E-state index contributed by atoms with van der Waals surface area (Å²) in [6.45, 7) is 0. The predicted octanol–water partition coefficient (Wildman–Crippen LogP) is 1.77. The lowest BCUT2D eigenvalue weighted by atomic mass is 10.1. The van der Waals surface area contributed by atoms with Crippen molar-refractivity contribution in [2.24, 2.45) is 0 Å². The lowest BCUT2D eigenvalue weighted by molar-refractivity contribution is -0.115. The number of hydrogen-bond acceptors (Lipinski definition) is 1. The molecule has 2 rings (SSSR count). The van der Waals surface area contributed by atoms with Gasteiger partial charge in [-0.2, -0.15) is 0 Å². The van der Waals surface area contributed by atoms with Crippen LogP contribution in [0.2, 0.25) is 0 Å². The van der Waals surface area contributed by atoms with E-state index >= 15 is 0 Å². The molecule has 1 aliphatic heterocycles. The first-order valence-electron chi connectivity index (χ1n) is 4.28. The van der Waals surface area contributed by atoms with Crippen LogP contribution in [-0.2, 0) is 11.2 Å². The number of nitrogens with one attached hydrogen (secondary N) is 1. The number of fused-ring (bicyclic) bond motifs is 1. The van der Waals surface area contributed by atoms with E-state index in [0.29, 0.717) is 12.3 Å². The monoisotopic (exact) mass is 205 g/mol. The van der Waals surface area contributed by atoms with Gasteiger partial charge in [-0.3, -0.25) is 4.79 Å². The number of benzene rings is 1. The summed E-state index contributed by atoms with van der Waals surface area (Å²) >= 11 is 5.47. The van der Waals surface area contributed by atoms with E-state index < -0.39 is 0 Å². The van der Waals surface area contributed by atoms with Crippen molar-refractivity contribution in [2.45, 2.75) is 6.42 Å². The largest absolute Gasteiger partial charge is 0.324 e. The Balaban J connectivity index is 2.44. The fourth-order valence-corrected chi connectivity index (χ4v) is 1.55. The van der Waals surface area contributed by atoms with Gasteiger partial charge in [0, 0.05) is 5.56 Å².